The van der Waals surface area contributed by atoms with Crippen LogP contribution >= 0.6 is 0 Å². The Labute approximate surface area is 96.9 Å². The highest BCUT2D eigenvalue weighted by molar-refractivity contribution is 5.36. The molecule has 2 N–H and O–H groups in total. The molecule has 0 amide bonds. The van der Waals surface area contributed by atoms with Gasteiger partial charge in [-0.2, -0.15) is 13.2 Å². The third-order valence-electron chi connectivity index (χ3n) is 2.11. The van der Waals surface area contributed by atoms with Gasteiger partial charge >= 0.3 is 6.18 Å². The number of hydrogen-bond donors (Lipinski definition) is 2. The van der Waals surface area contributed by atoms with E-state index in [1.54, 1.807) is 13.0 Å². The number of anilines is 1. The van der Waals surface area contributed by atoms with E-state index < -0.39 is 18.8 Å². The average molecular weight is 249 g/mol. The van der Waals surface area contributed by atoms with Crippen molar-refractivity contribution in [2.24, 2.45) is 0 Å². The summed E-state index contributed by atoms with van der Waals surface area (Å²) in [6.45, 7) is 2.92. The van der Waals surface area contributed by atoms with Crippen LogP contribution in [0.1, 0.15) is 18.4 Å². The molecule has 0 bridgehead atoms. The van der Waals surface area contributed by atoms with E-state index in [0.717, 1.165) is 5.69 Å². The molecule has 0 saturated carbocycles. The highest BCUT2D eigenvalue weighted by atomic mass is 19.4. The molecule has 1 heterocycles. The molecule has 0 radical (unpaired) electrons. The largest absolute Gasteiger partial charge is 0.416 e. The Balaban J connectivity index is 2.66. The van der Waals surface area contributed by atoms with Gasteiger partial charge in [-0.05, 0) is 13.3 Å². The second-order valence-corrected chi connectivity index (χ2v) is 3.58. The minimum absolute atomic E-state index is 0.289. The molecular formula is C10H14F3N3O. The Kier molecular flexibility index (Phi) is 4.28. The van der Waals surface area contributed by atoms with Crippen molar-refractivity contribution < 1.29 is 18.3 Å². The van der Waals surface area contributed by atoms with Gasteiger partial charge in [0.15, 0.2) is 6.10 Å². The summed E-state index contributed by atoms with van der Waals surface area (Å²) < 4.78 is 36.2. The van der Waals surface area contributed by atoms with Gasteiger partial charge in [-0.15, -0.1) is 0 Å². The van der Waals surface area contributed by atoms with Gasteiger partial charge in [0.2, 0.25) is 0 Å². The van der Waals surface area contributed by atoms with Crippen molar-refractivity contribution in [3.8, 4) is 0 Å². The number of halogens is 3. The van der Waals surface area contributed by atoms with Gasteiger partial charge in [0, 0.05) is 11.8 Å². The number of alkyl halides is 3. The Hall–Kier alpha value is -1.37. The Morgan fingerprint density at radius 3 is 2.59 bits per heavy atom. The Bertz CT molecular complexity index is 382. The molecule has 1 atom stereocenters. The summed E-state index contributed by atoms with van der Waals surface area (Å²) in [5.41, 5.74) is 0.737. The highest BCUT2D eigenvalue weighted by Gasteiger charge is 2.37. The number of hydrogen-bond acceptors (Lipinski definition) is 4. The second kappa shape index (κ2) is 5.31. The third-order valence-corrected chi connectivity index (χ3v) is 2.11. The van der Waals surface area contributed by atoms with Crippen LogP contribution in [-0.2, 0) is 6.42 Å². The van der Waals surface area contributed by atoms with Crippen molar-refractivity contribution in [1.82, 2.24) is 9.97 Å². The molecule has 0 spiro atoms. The number of aromatic nitrogens is 2. The number of nitrogens with one attached hydrogen (secondary N) is 1. The van der Waals surface area contributed by atoms with Crippen molar-refractivity contribution in [1.29, 1.82) is 0 Å². The van der Waals surface area contributed by atoms with Gasteiger partial charge in [-0.3, -0.25) is 0 Å². The fourth-order valence-electron chi connectivity index (χ4n) is 1.22. The van der Waals surface area contributed by atoms with Crippen LogP contribution in [0, 0.1) is 6.92 Å². The normalized spacial score (nSPS) is 13.5. The van der Waals surface area contributed by atoms with Gasteiger partial charge in [0.05, 0.1) is 6.54 Å². The van der Waals surface area contributed by atoms with Gasteiger partial charge in [0.25, 0.3) is 0 Å². The fraction of sp³-hybridized carbons (Fsp3) is 0.600. The van der Waals surface area contributed by atoms with Gasteiger partial charge in [0.1, 0.15) is 11.6 Å². The van der Waals surface area contributed by atoms with Crippen LogP contribution in [0.3, 0.4) is 0 Å². The summed E-state index contributed by atoms with van der Waals surface area (Å²) in [5.74, 6) is 0.769. The van der Waals surface area contributed by atoms with Crippen molar-refractivity contribution in [3.63, 3.8) is 0 Å². The quantitative estimate of drug-likeness (QED) is 0.852. The second-order valence-electron chi connectivity index (χ2n) is 3.58. The molecule has 1 unspecified atom stereocenters. The van der Waals surface area contributed by atoms with E-state index in [4.69, 9.17) is 5.11 Å². The lowest BCUT2D eigenvalue weighted by molar-refractivity contribution is -0.198. The zero-order valence-electron chi connectivity index (χ0n) is 9.54. The first-order chi connectivity index (χ1) is 7.82. The summed E-state index contributed by atoms with van der Waals surface area (Å²) in [6.07, 6.45) is -6.36. The van der Waals surface area contributed by atoms with Gasteiger partial charge < -0.3 is 10.4 Å². The maximum Gasteiger partial charge on any atom is 0.416 e. The molecule has 1 aromatic rings. The minimum Gasteiger partial charge on any atom is -0.382 e. The first-order valence-corrected chi connectivity index (χ1v) is 5.16. The van der Waals surface area contributed by atoms with Crippen molar-refractivity contribution in [2.75, 3.05) is 11.9 Å². The van der Waals surface area contributed by atoms with Crippen molar-refractivity contribution in [2.45, 2.75) is 32.5 Å². The third kappa shape index (κ3) is 4.18. The van der Waals surface area contributed by atoms with E-state index in [-0.39, 0.29) is 5.82 Å². The number of rotatable bonds is 4. The number of nitrogens with zero attached hydrogens (tertiary/aromatic N) is 2. The summed E-state index contributed by atoms with van der Waals surface area (Å²) in [4.78, 5) is 8.03. The van der Waals surface area contributed by atoms with Crippen molar-refractivity contribution >= 4 is 5.82 Å². The topological polar surface area (TPSA) is 58.0 Å². The van der Waals surface area contributed by atoms with Crippen LogP contribution in [0.25, 0.3) is 0 Å². The first kappa shape index (κ1) is 13.7. The van der Waals surface area contributed by atoms with E-state index in [0.29, 0.717) is 12.2 Å². The maximum absolute atomic E-state index is 12.1. The fourth-order valence-corrected chi connectivity index (χ4v) is 1.22. The molecule has 0 aromatic carbocycles. The van der Waals surface area contributed by atoms with Crippen LogP contribution in [-0.4, -0.2) is 33.9 Å². The van der Waals surface area contributed by atoms with Crippen LogP contribution in [0.4, 0.5) is 19.0 Å². The maximum atomic E-state index is 12.1. The summed E-state index contributed by atoms with van der Waals surface area (Å²) in [6, 6.07) is 1.57. The Morgan fingerprint density at radius 1 is 1.41 bits per heavy atom. The van der Waals surface area contributed by atoms with Gasteiger partial charge in [-0.25, -0.2) is 9.97 Å². The van der Waals surface area contributed by atoms with E-state index in [1.165, 1.54) is 0 Å². The summed E-state index contributed by atoms with van der Waals surface area (Å²) in [5, 5.41) is 11.3. The van der Waals surface area contributed by atoms with E-state index >= 15 is 0 Å². The van der Waals surface area contributed by atoms with Gasteiger partial charge in [-0.1, -0.05) is 6.92 Å². The molecule has 1 aromatic heterocycles. The average Bonchev–Trinajstić information content (AvgIpc) is 2.23. The lowest BCUT2D eigenvalue weighted by Crippen LogP contribution is -2.35. The molecule has 17 heavy (non-hydrogen) atoms. The molecule has 96 valence electrons. The Morgan fingerprint density at radius 2 is 2.06 bits per heavy atom. The molecule has 0 fully saturated rings. The highest BCUT2D eigenvalue weighted by Crippen LogP contribution is 2.20. The first-order valence-electron chi connectivity index (χ1n) is 5.16. The molecule has 0 aliphatic rings. The molecule has 1 rings (SSSR count). The standard InChI is InChI=1S/C10H14F3N3O/c1-3-7-4-9(16-6(2)15-7)14-5-8(17)10(11,12)13/h4,8,17H,3,5H2,1-2H3,(H,14,15,16). The smallest absolute Gasteiger partial charge is 0.382 e. The van der Waals surface area contributed by atoms with Crippen LogP contribution in [0.2, 0.25) is 0 Å². The molecule has 0 saturated heterocycles. The zero-order chi connectivity index (χ0) is 13.1. The number of aliphatic hydroxyl groups excluding tert-OH is 1. The molecule has 0 aliphatic heterocycles. The lowest BCUT2D eigenvalue weighted by Gasteiger charge is -2.15. The monoisotopic (exact) mass is 249 g/mol. The summed E-state index contributed by atoms with van der Waals surface area (Å²) >= 11 is 0. The predicted molar refractivity (Wildman–Crippen MR) is 56.7 cm³/mol. The van der Waals surface area contributed by atoms with Crippen LogP contribution < -0.4 is 5.32 Å². The predicted octanol–water partition coefficient (Wildman–Crippen LogP) is 1.68. The molecule has 7 heteroatoms. The number of aryl methyl sites for hydroxylation is 2. The van der Waals surface area contributed by atoms with Crippen LogP contribution in [0.15, 0.2) is 6.07 Å². The minimum atomic E-state index is -4.62. The van der Waals surface area contributed by atoms with E-state index in [1.807, 2.05) is 6.92 Å². The lowest BCUT2D eigenvalue weighted by atomic mass is 10.3. The van der Waals surface area contributed by atoms with E-state index in [9.17, 15) is 13.2 Å². The molecule has 4 nitrogen and oxygen atoms in total. The zero-order valence-corrected chi connectivity index (χ0v) is 9.54. The number of aliphatic hydroxyl groups is 1. The van der Waals surface area contributed by atoms with Crippen LogP contribution in [0.5, 0.6) is 0 Å². The molecular weight excluding hydrogens is 235 g/mol. The van der Waals surface area contributed by atoms with Crippen molar-refractivity contribution in [3.05, 3.63) is 17.6 Å². The summed E-state index contributed by atoms with van der Waals surface area (Å²) in [7, 11) is 0. The molecule has 0 aliphatic carbocycles. The SMILES string of the molecule is CCc1cc(NCC(O)C(F)(F)F)nc(C)n1. The van der Waals surface area contributed by atoms with E-state index in [2.05, 4.69) is 15.3 Å².